The van der Waals surface area contributed by atoms with Crippen molar-refractivity contribution in [2.45, 2.75) is 37.4 Å². The minimum absolute atomic E-state index is 0.0326. The van der Waals surface area contributed by atoms with Gasteiger partial charge in [0.1, 0.15) is 5.76 Å². The lowest BCUT2D eigenvalue weighted by Crippen LogP contribution is -2.32. The number of nitrogens with zero attached hydrogens (tertiary/aromatic N) is 1. The predicted molar refractivity (Wildman–Crippen MR) is 60.2 cm³/mol. The third kappa shape index (κ3) is 5.45. The molecule has 3 nitrogen and oxygen atoms in total. The van der Waals surface area contributed by atoms with Crippen molar-refractivity contribution in [1.29, 1.82) is 0 Å². The lowest BCUT2D eigenvalue weighted by atomic mass is 10.4. The molecule has 1 rings (SSSR count). The second kappa shape index (κ2) is 5.77. The van der Waals surface area contributed by atoms with Crippen LogP contribution in [0.4, 0.5) is 13.2 Å². The molecule has 0 radical (unpaired) electrons. The first kappa shape index (κ1) is 14.4. The van der Waals surface area contributed by atoms with Crippen LogP contribution in [0.15, 0.2) is 9.64 Å². The standard InChI is InChI=1S/C10H15F3N2OS/c1-6(4-14-5-10(11,12)13)17-9-15-7(2)8(3)16-9/h6,14H,4-5H2,1-3H3. The highest BCUT2D eigenvalue weighted by molar-refractivity contribution is 7.99. The maximum absolute atomic E-state index is 11.9. The molecule has 0 fully saturated rings. The molecule has 0 aromatic carbocycles. The molecule has 1 N–H and O–H groups in total. The molecular weight excluding hydrogens is 253 g/mol. The quantitative estimate of drug-likeness (QED) is 0.833. The summed E-state index contributed by atoms with van der Waals surface area (Å²) in [6.45, 7) is 4.74. The van der Waals surface area contributed by atoms with Crippen LogP contribution in [0.5, 0.6) is 0 Å². The Hall–Kier alpha value is -0.690. The molecule has 1 aromatic heterocycles. The Labute approximate surface area is 102 Å². The Morgan fingerprint density at radius 1 is 1.41 bits per heavy atom. The van der Waals surface area contributed by atoms with E-state index in [1.165, 1.54) is 11.8 Å². The molecule has 1 unspecified atom stereocenters. The smallest absolute Gasteiger partial charge is 0.401 e. The second-order valence-corrected chi connectivity index (χ2v) is 5.19. The van der Waals surface area contributed by atoms with Crippen LogP contribution in [0, 0.1) is 13.8 Å². The highest BCUT2D eigenvalue weighted by Gasteiger charge is 2.26. The zero-order valence-electron chi connectivity index (χ0n) is 9.89. The SMILES string of the molecule is Cc1nc(SC(C)CNCC(F)(F)F)oc1C. The highest BCUT2D eigenvalue weighted by Crippen LogP contribution is 2.24. The van der Waals surface area contributed by atoms with E-state index in [1.54, 1.807) is 6.92 Å². The second-order valence-electron chi connectivity index (χ2n) is 3.80. The summed E-state index contributed by atoms with van der Waals surface area (Å²) in [7, 11) is 0. The minimum Gasteiger partial charge on any atom is -0.437 e. The van der Waals surface area contributed by atoms with Crippen LogP contribution in [0.3, 0.4) is 0 Å². The maximum Gasteiger partial charge on any atom is 0.401 e. The summed E-state index contributed by atoms with van der Waals surface area (Å²) in [6, 6.07) is 0. The number of aromatic nitrogens is 1. The molecule has 17 heavy (non-hydrogen) atoms. The summed E-state index contributed by atoms with van der Waals surface area (Å²) in [4.78, 5) is 4.15. The van der Waals surface area contributed by atoms with Crippen LogP contribution >= 0.6 is 11.8 Å². The number of oxazole rings is 1. The van der Waals surface area contributed by atoms with E-state index in [1.807, 2.05) is 13.8 Å². The van der Waals surface area contributed by atoms with Gasteiger partial charge in [-0.05, 0) is 13.8 Å². The Morgan fingerprint density at radius 2 is 2.06 bits per heavy atom. The zero-order valence-corrected chi connectivity index (χ0v) is 10.7. The summed E-state index contributed by atoms with van der Waals surface area (Å²) < 4.78 is 41.0. The molecule has 0 aliphatic heterocycles. The van der Waals surface area contributed by atoms with Gasteiger partial charge in [0, 0.05) is 11.8 Å². The van der Waals surface area contributed by atoms with Crippen molar-refractivity contribution >= 4 is 11.8 Å². The van der Waals surface area contributed by atoms with Gasteiger partial charge >= 0.3 is 6.18 Å². The Kier molecular flexibility index (Phi) is 4.88. The molecule has 0 bridgehead atoms. The highest BCUT2D eigenvalue weighted by atomic mass is 32.2. The van der Waals surface area contributed by atoms with Gasteiger partial charge in [-0.25, -0.2) is 4.98 Å². The first-order valence-electron chi connectivity index (χ1n) is 5.16. The Morgan fingerprint density at radius 3 is 2.53 bits per heavy atom. The third-order valence-electron chi connectivity index (χ3n) is 2.07. The van der Waals surface area contributed by atoms with Gasteiger partial charge in [-0.2, -0.15) is 13.2 Å². The first-order chi connectivity index (χ1) is 7.78. The summed E-state index contributed by atoms with van der Waals surface area (Å²) >= 11 is 1.32. The van der Waals surface area contributed by atoms with Gasteiger partial charge in [0.15, 0.2) is 0 Å². The van der Waals surface area contributed by atoms with E-state index < -0.39 is 12.7 Å². The van der Waals surface area contributed by atoms with Gasteiger partial charge in [-0.3, -0.25) is 0 Å². The van der Waals surface area contributed by atoms with Gasteiger partial charge in [0.2, 0.25) is 0 Å². The fourth-order valence-corrected chi connectivity index (χ4v) is 2.03. The van der Waals surface area contributed by atoms with Crippen molar-refractivity contribution in [3.8, 4) is 0 Å². The summed E-state index contributed by atoms with van der Waals surface area (Å²) in [5.74, 6) is 0.739. The molecule has 0 aliphatic carbocycles. The monoisotopic (exact) mass is 268 g/mol. The minimum atomic E-state index is -4.17. The molecule has 0 amide bonds. The fourth-order valence-electron chi connectivity index (χ4n) is 1.12. The van der Waals surface area contributed by atoms with Gasteiger partial charge < -0.3 is 9.73 Å². The van der Waals surface area contributed by atoms with Crippen molar-refractivity contribution < 1.29 is 17.6 Å². The molecule has 0 saturated carbocycles. The molecule has 1 heterocycles. The largest absolute Gasteiger partial charge is 0.437 e. The molecular formula is C10H15F3N2OS. The number of rotatable bonds is 5. The Bertz CT molecular complexity index is 345. The van der Waals surface area contributed by atoms with E-state index in [-0.39, 0.29) is 11.8 Å². The average molecular weight is 268 g/mol. The van der Waals surface area contributed by atoms with Crippen LogP contribution in [-0.2, 0) is 0 Å². The van der Waals surface area contributed by atoms with E-state index in [2.05, 4.69) is 10.3 Å². The van der Waals surface area contributed by atoms with E-state index in [9.17, 15) is 13.2 Å². The van der Waals surface area contributed by atoms with Gasteiger partial charge in [0.25, 0.3) is 5.22 Å². The maximum atomic E-state index is 11.9. The molecule has 0 saturated heterocycles. The van der Waals surface area contributed by atoms with Crippen LogP contribution in [0.2, 0.25) is 0 Å². The van der Waals surface area contributed by atoms with Crippen molar-refractivity contribution in [2.24, 2.45) is 0 Å². The van der Waals surface area contributed by atoms with Crippen LogP contribution in [0.25, 0.3) is 0 Å². The average Bonchev–Trinajstić information content (AvgIpc) is 2.43. The van der Waals surface area contributed by atoms with Crippen LogP contribution in [0.1, 0.15) is 18.4 Å². The summed E-state index contributed by atoms with van der Waals surface area (Å²) in [6.07, 6.45) is -4.17. The first-order valence-corrected chi connectivity index (χ1v) is 6.04. The summed E-state index contributed by atoms with van der Waals surface area (Å²) in [5.41, 5.74) is 0.808. The number of nitrogens with one attached hydrogen (secondary N) is 1. The lowest BCUT2D eigenvalue weighted by Gasteiger charge is -2.11. The topological polar surface area (TPSA) is 38.1 Å². The van der Waals surface area contributed by atoms with Gasteiger partial charge in [0.05, 0.1) is 12.2 Å². The third-order valence-corrected chi connectivity index (χ3v) is 3.01. The number of thioether (sulfide) groups is 1. The number of halogens is 3. The zero-order chi connectivity index (χ0) is 13.1. The Balaban J connectivity index is 2.32. The van der Waals surface area contributed by atoms with Crippen molar-refractivity contribution in [3.05, 3.63) is 11.5 Å². The number of aryl methyl sites for hydroxylation is 2. The van der Waals surface area contributed by atoms with E-state index >= 15 is 0 Å². The normalized spacial score (nSPS) is 14.0. The van der Waals surface area contributed by atoms with Gasteiger partial charge in [-0.15, -0.1) is 0 Å². The van der Waals surface area contributed by atoms with Crippen molar-refractivity contribution in [1.82, 2.24) is 10.3 Å². The molecule has 98 valence electrons. The number of alkyl halides is 3. The van der Waals surface area contributed by atoms with Gasteiger partial charge in [-0.1, -0.05) is 18.7 Å². The van der Waals surface area contributed by atoms with Crippen molar-refractivity contribution in [3.63, 3.8) is 0 Å². The number of hydrogen-bond donors (Lipinski definition) is 1. The van der Waals surface area contributed by atoms with Crippen molar-refractivity contribution in [2.75, 3.05) is 13.1 Å². The van der Waals surface area contributed by atoms with Crippen LogP contribution in [-0.4, -0.2) is 29.5 Å². The molecule has 0 spiro atoms. The molecule has 1 atom stereocenters. The lowest BCUT2D eigenvalue weighted by molar-refractivity contribution is -0.124. The van der Waals surface area contributed by atoms with Crippen LogP contribution < -0.4 is 5.32 Å². The molecule has 7 heteroatoms. The van der Waals surface area contributed by atoms with E-state index in [4.69, 9.17) is 4.42 Å². The number of hydrogen-bond acceptors (Lipinski definition) is 4. The molecule has 0 aliphatic rings. The fraction of sp³-hybridized carbons (Fsp3) is 0.700. The molecule has 1 aromatic rings. The van der Waals surface area contributed by atoms with E-state index in [0.29, 0.717) is 5.22 Å². The summed E-state index contributed by atoms with van der Waals surface area (Å²) in [5, 5.41) is 2.82. The van der Waals surface area contributed by atoms with E-state index in [0.717, 1.165) is 11.5 Å². The predicted octanol–water partition coefficient (Wildman–Crippen LogP) is 2.92.